The first kappa shape index (κ1) is 18.0. The lowest BCUT2D eigenvalue weighted by molar-refractivity contribution is -0.137. The largest absolute Gasteiger partial charge is 0.416 e. The highest BCUT2D eigenvalue weighted by Gasteiger charge is 2.30. The minimum absolute atomic E-state index is 0.0686. The van der Waals surface area contributed by atoms with E-state index in [9.17, 15) is 26.4 Å². The Morgan fingerprint density at radius 1 is 1.08 bits per heavy atom. The molecule has 24 heavy (non-hydrogen) atoms. The Kier molecular flexibility index (Phi) is 4.98. The van der Waals surface area contributed by atoms with Crippen molar-refractivity contribution in [2.24, 2.45) is 0 Å². The Labute approximate surface area is 137 Å². The molecule has 0 saturated carbocycles. The van der Waals surface area contributed by atoms with Crippen molar-refractivity contribution < 1.29 is 26.4 Å². The number of hydrogen-bond acceptors (Lipinski definition) is 3. The quantitative estimate of drug-likeness (QED) is 0.915. The van der Waals surface area contributed by atoms with E-state index >= 15 is 0 Å². The van der Waals surface area contributed by atoms with Gasteiger partial charge in [-0.05, 0) is 35.9 Å². The Morgan fingerprint density at radius 2 is 1.71 bits per heavy atom. The summed E-state index contributed by atoms with van der Waals surface area (Å²) in [6.07, 6.45) is -3.44. The summed E-state index contributed by atoms with van der Waals surface area (Å²) in [6, 6.07) is 9.99. The smallest absolute Gasteiger partial charge is 0.348 e. The number of sulfone groups is 1. The molecule has 1 N–H and O–H groups in total. The van der Waals surface area contributed by atoms with Crippen LogP contribution in [-0.2, 0) is 22.6 Å². The molecule has 8 heteroatoms. The van der Waals surface area contributed by atoms with Crippen LogP contribution in [0.25, 0.3) is 0 Å². The minimum Gasteiger partial charge on any atom is -0.348 e. The lowest BCUT2D eigenvalue weighted by Crippen LogP contribution is -2.23. The fourth-order valence-electron chi connectivity index (χ4n) is 1.98. The average Bonchev–Trinajstić information content (AvgIpc) is 2.51. The molecule has 0 bridgehead atoms. The van der Waals surface area contributed by atoms with Crippen LogP contribution in [0, 0.1) is 0 Å². The molecule has 0 aromatic heterocycles. The fraction of sp³-hybridized carbons (Fsp3) is 0.188. The summed E-state index contributed by atoms with van der Waals surface area (Å²) in [6.45, 7) is 0.0686. The van der Waals surface area contributed by atoms with Gasteiger partial charge in [-0.1, -0.05) is 18.2 Å². The maximum atomic E-state index is 12.6. The van der Waals surface area contributed by atoms with Crippen LogP contribution in [-0.4, -0.2) is 20.6 Å². The van der Waals surface area contributed by atoms with Crippen LogP contribution in [0.4, 0.5) is 13.2 Å². The van der Waals surface area contributed by atoms with Gasteiger partial charge in [-0.25, -0.2) is 8.42 Å². The van der Waals surface area contributed by atoms with E-state index in [0.717, 1.165) is 18.4 Å². The first-order valence-corrected chi connectivity index (χ1v) is 8.71. The van der Waals surface area contributed by atoms with Crippen LogP contribution in [0.15, 0.2) is 53.4 Å². The van der Waals surface area contributed by atoms with Crippen LogP contribution in [0.1, 0.15) is 21.5 Å². The van der Waals surface area contributed by atoms with E-state index in [1.807, 2.05) is 0 Å². The number of alkyl halides is 3. The van der Waals surface area contributed by atoms with Gasteiger partial charge in [0.15, 0.2) is 9.84 Å². The molecule has 0 heterocycles. The second-order valence-electron chi connectivity index (χ2n) is 5.18. The number of hydrogen-bond donors (Lipinski definition) is 1. The maximum Gasteiger partial charge on any atom is 0.416 e. The van der Waals surface area contributed by atoms with E-state index in [0.29, 0.717) is 5.56 Å². The third kappa shape index (κ3) is 4.58. The van der Waals surface area contributed by atoms with E-state index < -0.39 is 27.5 Å². The topological polar surface area (TPSA) is 63.2 Å². The summed E-state index contributed by atoms with van der Waals surface area (Å²) in [5.41, 5.74) is -0.368. The summed E-state index contributed by atoms with van der Waals surface area (Å²) in [4.78, 5) is 12.1. The Bertz CT molecular complexity index is 844. The van der Waals surface area contributed by atoms with Crippen LogP contribution < -0.4 is 5.32 Å². The molecule has 0 radical (unpaired) electrons. The summed E-state index contributed by atoms with van der Waals surface area (Å²) < 4.78 is 60.6. The number of benzene rings is 2. The van der Waals surface area contributed by atoms with E-state index in [1.54, 1.807) is 0 Å². The van der Waals surface area contributed by atoms with E-state index in [1.165, 1.54) is 36.4 Å². The molecule has 1 amide bonds. The van der Waals surface area contributed by atoms with Gasteiger partial charge in [-0.3, -0.25) is 4.79 Å². The molecule has 0 spiro atoms. The third-order valence-corrected chi connectivity index (χ3v) is 4.39. The fourth-order valence-corrected chi connectivity index (χ4v) is 2.61. The molecular weight excluding hydrogens is 343 g/mol. The van der Waals surface area contributed by atoms with Gasteiger partial charge in [0, 0.05) is 18.4 Å². The molecule has 0 saturated heterocycles. The minimum atomic E-state index is -4.52. The van der Waals surface area contributed by atoms with Gasteiger partial charge in [-0.15, -0.1) is 0 Å². The van der Waals surface area contributed by atoms with Gasteiger partial charge in [0.2, 0.25) is 0 Å². The molecule has 0 fully saturated rings. The molecule has 2 rings (SSSR count). The van der Waals surface area contributed by atoms with Crippen LogP contribution in [0.2, 0.25) is 0 Å². The second-order valence-corrected chi connectivity index (χ2v) is 7.19. The normalized spacial score (nSPS) is 12.0. The number of carbonyl (C=O) groups is 1. The summed E-state index contributed by atoms with van der Waals surface area (Å²) >= 11 is 0. The molecule has 2 aromatic rings. The zero-order valence-corrected chi connectivity index (χ0v) is 13.4. The zero-order valence-electron chi connectivity index (χ0n) is 12.6. The second kappa shape index (κ2) is 6.64. The summed E-state index contributed by atoms with van der Waals surface area (Å²) in [5.74, 6) is -0.645. The average molecular weight is 357 g/mol. The van der Waals surface area contributed by atoms with Crippen molar-refractivity contribution in [3.05, 3.63) is 65.2 Å². The molecular formula is C16H14F3NO3S. The van der Waals surface area contributed by atoms with Crippen molar-refractivity contribution in [3.63, 3.8) is 0 Å². The van der Waals surface area contributed by atoms with Gasteiger partial charge in [0.05, 0.1) is 10.5 Å². The van der Waals surface area contributed by atoms with Gasteiger partial charge in [0.25, 0.3) is 5.91 Å². The van der Waals surface area contributed by atoms with Gasteiger partial charge in [-0.2, -0.15) is 13.2 Å². The molecule has 0 atom stereocenters. The van der Waals surface area contributed by atoms with Crippen molar-refractivity contribution in [2.45, 2.75) is 17.6 Å². The van der Waals surface area contributed by atoms with Crippen LogP contribution in [0.3, 0.4) is 0 Å². The van der Waals surface area contributed by atoms with E-state index in [2.05, 4.69) is 5.32 Å². The van der Waals surface area contributed by atoms with Gasteiger partial charge < -0.3 is 5.32 Å². The number of halogens is 3. The Morgan fingerprint density at radius 3 is 2.25 bits per heavy atom. The predicted molar refractivity (Wildman–Crippen MR) is 82.2 cm³/mol. The zero-order chi connectivity index (χ0) is 18.0. The molecule has 4 nitrogen and oxygen atoms in total. The Hall–Kier alpha value is -2.35. The van der Waals surface area contributed by atoms with Crippen molar-refractivity contribution in [1.82, 2.24) is 5.32 Å². The van der Waals surface area contributed by atoms with Crippen LogP contribution >= 0.6 is 0 Å². The van der Waals surface area contributed by atoms with Crippen molar-refractivity contribution >= 4 is 15.7 Å². The number of rotatable bonds is 4. The predicted octanol–water partition coefficient (Wildman–Crippen LogP) is 3.04. The first-order chi connectivity index (χ1) is 11.1. The standard InChI is InChI=1S/C16H14F3NO3S/c1-24(22,23)14-7-5-11(6-8-14)10-20-15(21)12-3-2-4-13(9-12)16(17,18)19/h2-9H,10H2,1H3,(H,20,21). The SMILES string of the molecule is CS(=O)(=O)c1ccc(CNC(=O)c2cccc(C(F)(F)F)c2)cc1. The van der Waals surface area contributed by atoms with Crippen molar-refractivity contribution in [3.8, 4) is 0 Å². The van der Waals surface area contributed by atoms with Gasteiger partial charge >= 0.3 is 6.18 Å². The Balaban J connectivity index is 2.06. The number of nitrogens with one attached hydrogen (secondary N) is 1. The monoisotopic (exact) mass is 357 g/mol. The third-order valence-electron chi connectivity index (χ3n) is 3.26. The highest BCUT2D eigenvalue weighted by molar-refractivity contribution is 7.90. The summed E-state index contributed by atoms with van der Waals surface area (Å²) in [7, 11) is -3.31. The lowest BCUT2D eigenvalue weighted by atomic mass is 10.1. The number of carbonyl (C=O) groups excluding carboxylic acids is 1. The van der Waals surface area contributed by atoms with E-state index in [4.69, 9.17) is 0 Å². The van der Waals surface area contributed by atoms with Crippen molar-refractivity contribution in [2.75, 3.05) is 6.26 Å². The van der Waals surface area contributed by atoms with Gasteiger partial charge in [0.1, 0.15) is 0 Å². The molecule has 0 aliphatic carbocycles. The molecule has 0 unspecified atom stereocenters. The highest BCUT2D eigenvalue weighted by Crippen LogP contribution is 2.29. The molecule has 128 valence electrons. The first-order valence-electron chi connectivity index (χ1n) is 6.82. The highest BCUT2D eigenvalue weighted by atomic mass is 32.2. The molecule has 0 aliphatic heterocycles. The van der Waals surface area contributed by atoms with Crippen LogP contribution in [0.5, 0.6) is 0 Å². The molecule has 2 aromatic carbocycles. The number of amides is 1. The summed E-state index contributed by atoms with van der Waals surface area (Å²) in [5, 5.41) is 2.50. The van der Waals surface area contributed by atoms with E-state index in [-0.39, 0.29) is 17.0 Å². The van der Waals surface area contributed by atoms with Crippen molar-refractivity contribution in [1.29, 1.82) is 0 Å². The molecule has 0 aliphatic rings. The maximum absolute atomic E-state index is 12.6. The lowest BCUT2D eigenvalue weighted by Gasteiger charge is -2.09.